The van der Waals surface area contributed by atoms with E-state index in [0.717, 1.165) is 27.5 Å². The Morgan fingerprint density at radius 3 is 2.57 bits per heavy atom. The predicted octanol–water partition coefficient (Wildman–Crippen LogP) is 2.98. The van der Waals surface area contributed by atoms with E-state index in [0.29, 0.717) is 11.6 Å². The first kappa shape index (κ1) is 13.4. The molecule has 4 nitrogen and oxygen atoms in total. The number of methoxy groups -OCH3 is 1. The number of rotatable bonds is 3. The Morgan fingerprint density at radius 1 is 1.14 bits per heavy atom. The summed E-state index contributed by atoms with van der Waals surface area (Å²) >= 11 is 0. The van der Waals surface area contributed by atoms with Gasteiger partial charge in [0.15, 0.2) is 0 Å². The lowest BCUT2D eigenvalue weighted by molar-refractivity contribution is 0.274. The largest absolute Gasteiger partial charge is 0.496 e. The number of benzene rings is 2. The maximum Gasteiger partial charge on any atom is 0.131 e. The fraction of sp³-hybridized carbons (Fsp3) is 0.118. The summed E-state index contributed by atoms with van der Waals surface area (Å²) in [5.41, 5.74) is 8.76. The molecule has 0 spiro atoms. The van der Waals surface area contributed by atoms with Crippen molar-refractivity contribution in [1.82, 2.24) is 4.98 Å². The zero-order valence-electron chi connectivity index (χ0n) is 11.7. The summed E-state index contributed by atoms with van der Waals surface area (Å²) in [6, 6.07) is 13.7. The van der Waals surface area contributed by atoms with Crippen molar-refractivity contribution in [2.24, 2.45) is 0 Å². The highest BCUT2D eigenvalue weighted by Gasteiger charge is 2.12. The molecule has 3 aromatic rings. The number of aliphatic hydroxyl groups is 1. The Balaban J connectivity index is 2.35. The number of nitrogen functional groups attached to an aromatic ring is 1. The predicted molar refractivity (Wildman–Crippen MR) is 84.1 cm³/mol. The molecule has 0 unspecified atom stereocenters. The van der Waals surface area contributed by atoms with Gasteiger partial charge in [-0.3, -0.25) is 0 Å². The van der Waals surface area contributed by atoms with Gasteiger partial charge in [0, 0.05) is 22.7 Å². The number of ether oxygens (including phenoxy) is 1. The molecular formula is C17H16N2O2. The molecule has 1 heterocycles. The van der Waals surface area contributed by atoms with Gasteiger partial charge in [0.25, 0.3) is 0 Å². The molecule has 21 heavy (non-hydrogen) atoms. The first-order chi connectivity index (χ1) is 10.2. The second kappa shape index (κ2) is 5.42. The Kier molecular flexibility index (Phi) is 3.46. The summed E-state index contributed by atoms with van der Waals surface area (Å²) < 4.78 is 5.30. The third kappa shape index (κ3) is 2.30. The fourth-order valence-corrected chi connectivity index (χ4v) is 2.49. The molecule has 3 N–H and O–H groups in total. The van der Waals surface area contributed by atoms with Crippen LogP contribution in [0.3, 0.4) is 0 Å². The maximum atomic E-state index is 9.51. The molecule has 1 aromatic heterocycles. The maximum absolute atomic E-state index is 9.51. The molecule has 106 valence electrons. The summed E-state index contributed by atoms with van der Waals surface area (Å²) in [6.45, 7) is -0.0877. The van der Waals surface area contributed by atoms with Crippen molar-refractivity contribution in [2.75, 3.05) is 12.8 Å². The van der Waals surface area contributed by atoms with Crippen molar-refractivity contribution in [2.45, 2.75) is 6.61 Å². The van der Waals surface area contributed by atoms with Crippen molar-refractivity contribution >= 4 is 16.6 Å². The van der Waals surface area contributed by atoms with Gasteiger partial charge < -0.3 is 15.6 Å². The number of hydrogen-bond acceptors (Lipinski definition) is 4. The van der Waals surface area contributed by atoms with E-state index in [1.807, 2.05) is 42.5 Å². The lowest BCUT2D eigenvalue weighted by atomic mass is 9.98. The van der Waals surface area contributed by atoms with Gasteiger partial charge in [-0.2, -0.15) is 0 Å². The van der Waals surface area contributed by atoms with Crippen LogP contribution in [-0.4, -0.2) is 17.2 Å². The number of anilines is 1. The van der Waals surface area contributed by atoms with E-state index >= 15 is 0 Å². The highest BCUT2D eigenvalue weighted by molar-refractivity contribution is 6.02. The van der Waals surface area contributed by atoms with Crippen LogP contribution in [0.15, 0.2) is 48.7 Å². The number of hydrogen-bond donors (Lipinski definition) is 2. The van der Waals surface area contributed by atoms with Gasteiger partial charge in [0.05, 0.1) is 13.7 Å². The van der Waals surface area contributed by atoms with Crippen LogP contribution in [-0.2, 0) is 6.61 Å². The van der Waals surface area contributed by atoms with E-state index in [1.54, 1.807) is 13.3 Å². The van der Waals surface area contributed by atoms with E-state index in [9.17, 15) is 5.11 Å². The molecule has 0 bridgehead atoms. The summed E-state index contributed by atoms with van der Waals surface area (Å²) in [5.74, 6) is 1.07. The minimum Gasteiger partial charge on any atom is -0.496 e. The van der Waals surface area contributed by atoms with Gasteiger partial charge >= 0.3 is 0 Å². The minimum absolute atomic E-state index is 0.0877. The number of fused-ring (bicyclic) bond motifs is 1. The third-order valence-corrected chi connectivity index (χ3v) is 3.57. The molecule has 0 aliphatic heterocycles. The minimum atomic E-state index is -0.0877. The molecule has 0 saturated heterocycles. The van der Waals surface area contributed by atoms with Crippen LogP contribution in [0.2, 0.25) is 0 Å². The summed E-state index contributed by atoms with van der Waals surface area (Å²) in [4.78, 5) is 4.27. The Hall–Kier alpha value is -2.59. The molecule has 4 heteroatoms. The van der Waals surface area contributed by atoms with E-state index in [-0.39, 0.29) is 6.61 Å². The van der Waals surface area contributed by atoms with Gasteiger partial charge in [-0.25, -0.2) is 4.98 Å². The van der Waals surface area contributed by atoms with Crippen LogP contribution in [0.25, 0.3) is 21.9 Å². The molecular weight excluding hydrogens is 264 g/mol. The van der Waals surface area contributed by atoms with Crippen LogP contribution in [0, 0.1) is 0 Å². The van der Waals surface area contributed by atoms with Crippen molar-refractivity contribution in [3.63, 3.8) is 0 Å². The van der Waals surface area contributed by atoms with E-state index < -0.39 is 0 Å². The van der Waals surface area contributed by atoms with Gasteiger partial charge in [-0.1, -0.05) is 30.3 Å². The van der Waals surface area contributed by atoms with Crippen LogP contribution >= 0.6 is 0 Å². The van der Waals surface area contributed by atoms with Crippen molar-refractivity contribution in [1.29, 1.82) is 0 Å². The van der Waals surface area contributed by atoms with E-state index in [2.05, 4.69) is 4.98 Å². The molecule has 0 atom stereocenters. The average Bonchev–Trinajstić information content (AvgIpc) is 2.55. The van der Waals surface area contributed by atoms with Crippen LogP contribution in [0.4, 0.5) is 5.82 Å². The Morgan fingerprint density at radius 2 is 1.90 bits per heavy atom. The highest BCUT2D eigenvalue weighted by atomic mass is 16.5. The number of nitrogens with two attached hydrogens (primary N) is 1. The molecule has 0 aliphatic rings. The zero-order chi connectivity index (χ0) is 14.8. The topological polar surface area (TPSA) is 68.4 Å². The lowest BCUT2D eigenvalue weighted by Crippen LogP contribution is -1.97. The van der Waals surface area contributed by atoms with Gasteiger partial charge in [-0.15, -0.1) is 0 Å². The number of aliphatic hydroxyl groups excluding tert-OH is 1. The number of nitrogens with zero attached hydrogens (tertiary/aromatic N) is 1. The Bertz CT molecular complexity index is 786. The molecule has 0 fully saturated rings. The first-order valence-electron chi connectivity index (χ1n) is 6.66. The SMILES string of the molecule is COc1cc2c(N)ncc(-c3ccccc3)c2cc1CO. The lowest BCUT2D eigenvalue weighted by Gasteiger charge is -2.13. The average molecular weight is 280 g/mol. The Labute approximate surface area is 122 Å². The normalized spacial score (nSPS) is 10.8. The summed E-state index contributed by atoms with van der Waals surface area (Å²) in [6.07, 6.45) is 1.76. The fourth-order valence-electron chi connectivity index (χ4n) is 2.49. The van der Waals surface area contributed by atoms with E-state index in [4.69, 9.17) is 10.5 Å². The quantitative estimate of drug-likeness (QED) is 0.774. The molecule has 0 radical (unpaired) electrons. The number of pyridine rings is 1. The second-order valence-electron chi connectivity index (χ2n) is 4.79. The monoisotopic (exact) mass is 280 g/mol. The van der Waals surface area contributed by atoms with Gasteiger partial charge in [0.1, 0.15) is 11.6 Å². The van der Waals surface area contributed by atoms with Crippen LogP contribution in [0.5, 0.6) is 5.75 Å². The van der Waals surface area contributed by atoms with Gasteiger partial charge in [0.2, 0.25) is 0 Å². The van der Waals surface area contributed by atoms with Gasteiger partial charge in [-0.05, 0) is 23.1 Å². The summed E-state index contributed by atoms with van der Waals surface area (Å²) in [7, 11) is 1.57. The zero-order valence-corrected chi connectivity index (χ0v) is 11.7. The number of aromatic nitrogens is 1. The standard InChI is InChI=1S/C17H16N2O2/c1-21-16-8-14-13(7-12(16)10-20)15(9-19-17(14)18)11-5-3-2-4-6-11/h2-9,20H,10H2,1H3,(H2,18,19). The molecule has 2 aromatic carbocycles. The molecule has 0 saturated carbocycles. The molecule has 0 amide bonds. The van der Waals surface area contributed by atoms with Crippen molar-refractivity contribution in [3.8, 4) is 16.9 Å². The summed E-state index contributed by atoms with van der Waals surface area (Å²) in [5, 5.41) is 11.3. The molecule has 0 aliphatic carbocycles. The van der Waals surface area contributed by atoms with Crippen molar-refractivity contribution < 1.29 is 9.84 Å². The van der Waals surface area contributed by atoms with Crippen LogP contribution in [0.1, 0.15) is 5.56 Å². The van der Waals surface area contributed by atoms with Crippen molar-refractivity contribution in [3.05, 3.63) is 54.2 Å². The highest BCUT2D eigenvalue weighted by Crippen LogP contribution is 2.35. The molecule has 3 rings (SSSR count). The first-order valence-corrected chi connectivity index (χ1v) is 6.66. The third-order valence-electron chi connectivity index (χ3n) is 3.57. The smallest absolute Gasteiger partial charge is 0.131 e. The second-order valence-corrected chi connectivity index (χ2v) is 4.79. The van der Waals surface area contributed by atoms with E-state index in [1.165, 1.54) is 0 Å². The van der Waals surface area contributed by atoms with Crippen LogP contribution < -0.4 is 10.5 Å².